The van der Waals surface area contributed by atoms with Gasteiger partial charge in [0, 0.05) is 12.1 Å². The van der Waals surface area contributed by atoms with E-state index in [9.17, 15) is 8.42 Å². The van der Waals surface area contributed by atoms with E-state index < -0.39 is 15.6 Å². The van der Waals surface area contributed by atoms with Gasteiger partial charge in [0.15, 0.2) is 0 Å². The van der Waals surface area contributed by atoms with Gasteiger partial charge >= 0.3 is 0 Å². The van der Waals surface area contributed by atoms with Crippen molar-refractivity contribution in [2.75, 3.05) is 13.2 Å². The van der Waals surface area contributed by atoms with Crippen molar-refractivity contribution in [3.63, 3.8) is 0 Å². The van der Waals surface area contributed by atoms with Crippen molar-refractivity contribution >= 4 is 22.4 Å². The number of sulfonamides is 1. The van der Waals surface area contributed by atoms with Crippen LogP contribution in [0, 0.1) is 0 Å². The molecule has 0 aliphatic heterocycles. The Morgan fingerprint density at radius 3 is 2.22 bits per heavy atom. The number of ether oxygens (including phenoxy) is 1. The van der Waals surface area contributed by atoms with Gasteiger partial charge in [-0.1, -0.05) is 25.7 Å². The topological polar surface area (TPSA) is 81.4 Å². The van der Waals surface area contributed by atoms with Crippen molar-refractivity contribution in [3.05, 3.63) is 24.3 Å². The SMILES string of the molecule is CCOc1ccc(S(=O)(=O)NCC2(N)CCCCCC2)cc1.Cl. The first kappa shape index (κ1) is 20.2. The molecule has 0 saturated heterocycles. The van der Waals surface area contributed by atoms with Crippen molar-refractivity contribution in [2.45, 2.75) is 55.9 Å². The molecule has 0 unspecified atom stereocenters. The van der Waals surface area contributed by atoms with Gasteiger partial charge in [0.05, 0.1) is 11.5 Å². The number of rotatable bonds is 6. The molecule has 0 heterocycles. The van der Waals surface area contributed by atoms with Crippen molar-refractivity contribution in [1.29, 1.82) is 0 Å². The molecule has 5 nitrogen and oxygen atoms in total. The smallest absolute Gasteiger partial charge is 0.240 e. The van der Waals surface area contributed by atoms with Crippen molar-refractivity contribution in [1.82, 2.24) is 4.72 Å². The molecule has 3 N–H and O–H groups in total. The lowest BCUT2D eigenvalue weighted by molar-refractivity contribution is 0.340. The predicted molar refractivity (Wildman–Crippen MR) is 94.7 cm³/mol. The van der Waals surface area contributed by atoms with Crippen LogP contribution >= 0.6 is 12.4 Å². The first-order valence-electron chi connectivity index (χ1n) is 7.97. The molecule has 0 bridgehead atoms. The molecule has 23 heavy (non-hydrogen) atoms. The van der Waals surface area contributed by atoms with E-state index in [1.165, 1.54) is 12.8 Å². The normalized spacial score (nSPS) is 17.8. The molecule has 1 aliphatic carbocycles. The average molecular weight is 363 g/mol. The Hall–Kier alpha value is -0.820. The molecule has 0 aromatic heterocycles. The van der Waals surface area contributed by atoms with Gasteiger partial charge in [-0.15, -0.1) is 12.4 Å². The molecule has 1 aromatic carbocycles. The summed E-state index contributed by atoms with van der Waals surface area (Å²) >= 11 is 0. The Balaban J connectivity index is 0.00000264. The molecular weight excluding hydrogens is 336 g/mol. The van der Waals surface area contributed by atoms with Crippen LogP contribution in [-0.4, -0.2) is 27.1 Å². The van der Waals surface area contributed by atoms with E-state index in [2.05, 4.69) is 4.72 Å². The van der Waals surface area contributed by atoms with E-state index in [-0.39, 0.29) is 17.3 Å². The van der Waals surface area contributed by atoms with Crippen LogP contribution in [0.1, 0.15) is 45.4 Å². The first-order chi connectivity index (χ1) is 10.5. The lowest BCUT2D eigenvalue weighted by Crippen LogP contribution is -2.49. The maximum Gasteiger partial charge on any atom is 0.240 e. The fraction of sp³-hybridized carbons (Fsp3) is 0.625. The summed E-state index contributed by atoms with van der Waals surface area (Å²) in [4.78, 5) is 0.244. The first-order valence-corrected chi connectivity index (χ1v) is 9.45. The van der Waals surface area contributed by atoms with Gasteiger partial charge in [0.1, 0.15) is 5.75 Å². The van der Waals surface area contributed by atoms with Crippen molar-refractivity contribution in [2.24, 2.45) is 5.73 Å². The van der Waals surface area contributed by atoms with E-state index in [1.807, 2.05) is 6.92 Å². The Morgan fingerprint density at radius 1 is 1.13 bits per heavy atom. The number of hydrogen-bond donors (Lipinski definition) is 2. The summed E-state index contributed by atoms with van der Waals surface area (Å²) in [5.41, 5.74) is 5.94. The van der Waals surface area contributed by atoms with Crippen LogP contribution < -0.4 is 15.2 Å². The second-order valence-corrected chi connectivity index (χ2v) is 7.77. The summed E-state index contributed by atoms with van der Waals surface area (Å²) in [5, 5.41) is 0. The van der Waals surface area contributed by atoms with Gasteiger partial charge in [0.2, 0.25) is 10.0 Å². The lowest BCUT2D eigenvalue weighted by Gasteiger charge is -2.28. The maximum atomic E-state index is 12.4. The lowest BCUT2D eigenvalue weighted by atomic mass is 9.92. The van der Waals surface area contributed by atoms with E-state index in [4.69, 9.17) is 10.5 Å². The Morgan fingerprint density at radius 2 is 1.70 bits per heavy atom. The van der Waals surface area contributed by atoms with E-state index in [0.717, 1.165) is 25.7 Å². The van der Waals surface area contributed by atoms with Crippen molar-refractivity contribution < 1.29 is 13.2 Å². The van der Waals surface area contributed by atoms with E-state index in [0.29, 0.717) is 18.9 Å². The number of nitrogens with one attached hydrogen (secondary N) is 1. The summed E-state index contributed by atoms with van der Waals surface area (Å²) in [6.45, 7) is 2.74. The van der Waals surface area contributed by atoms with Gasteiger partial charge < -0.3 is 10.5 Å². The molecule has 0 spiro atoms. The van der Waals surface area contributed by atoms with Crippen molar-refractivity contribution in [3.8, 4) is 5.75 Å². The van der Waals surface area contributed by atoms with E-state index in [1.54, 1.807) is 24.3 Å². The number of hydrogen-bond acceptors (Lipinski definition) is 4. The van der Waals surface area contributed by atoms with Crippen LogP contribution in [0.5, 0.6) is 5.75 Å². The fourth-order valence-corrected chi connectivity index (χ4v) is 3.95. The van der Waals surface area contributed by atoms with Gasteiger partial charge in [-0.2, -0.15) is 0 Å². The van der Waals surface area contributed by atoms with Crippen LogP contribution in [0.2, 0.25) is 0 Å². The summed E-state index contributed by atoms with van der Waals surface area (Å²) in [6, 6.07) is 6.46. The second-order valence-electron chi connectivity index (χ2n) is 6.01. The third kappa shape index (κ3) is 5.95. The fourth-order valence-electron chi connectivity index (χ4n) is 2.81. The largest absolute Gasteiger partial charge is 0.494 e. The highest BCUT2D eigenvalue weighted by Crippen LogP contribution is 2.25. The third-order valence-corrected chi connectivity index (χ3v) is 5.58. The summed E-state index contributed by atoms with van der Waals surface area (Å²) in [5.74, 6) is 0.667. The van der Waals surface area contributed by atoms with Crippen LogP contribution in [0.3, 0.4) is 0 Å². The van der Waals surface area contributed by atoms with Crippen LogP contribution in [0.25, 0.3) is 0 Å². The second kappa shape index (κ2) is 8.87. The molecule has 0 radical (unpaired) electrons. The molecule has 132 valence electrons. The zero-order chi connectivity index (χ0) is 16.1. The molecule has 0 atom stereocenters. The predicted octanol–water partition coefficient (Wildman–Crippen LogP) is 2.84. The monoisotopic (exact) mass is 362 g/mol. The minimum atomic E-state index is -3.53. The highest BCUT2D eigenvalue weighted by Gasteiger charge is 2.28. The third-order valence-electron chi connectivity index (χ3n) is 4.16. The molecule has 1 aliphatic rings. The number of nitrogens with two attached hydrogens (primary N) is 1. The molecule has 0 amide bonds. The number of benzene rings is 1. The highest BCUT2D eigenvalue weighted by atomic mass is 35.5. The number of halogens is 1. The zero-order valence-corrected chi connectivity index (χ0v) is 15.2. The summed E-state index contributed by atoms with van der Waals surface area (Å²) in [6.07, 6.45) is 6.26. The molecule has 2 rings (SSSR count). The van der Waals surface area contributed by atoms with Gasteiger partial charge in [-0.05, 0) is 44.0 Å². The van der Waals surface area contributed by atoms with Crippen LogP contribution in [0.4, 0.5) is 0 Å². The molecular formula is C16H27ClN2O3S. The van der Waals surface area contributed by atoms with E-state index >= 15 is 0 Å². The standard InChI is InChI=1S/C16H26N2O3S.ClH/c1-2-21-14-7-9-15(10-8-14)22(19,20)18-13-16(17)11-5-3-4-6-12-16;/h7-10,18H,2-6,11-13,17H2,1H3;1H. The van der Waals surface area contributed by atoms with Gasteiger partial charge in [0.25, 0.3) is 0 Å². The average Bonchev–Trinajstić information content (AvgIpc) is 2.72. The maximum absolute atomic E-state index is 12.4. The van der Waals surface area contributed by atoms with Gasteiger partial charge in [-0.3, -0.25) is 0 Å². The summed E-state index contributed by atoms with van der Waals surface area (Å²) < 4.78 is 32.7. The zero-order valence-electron chi connectivity index (χ0n) is 13.6. The Bertz CT molecular complexity index is 567. The Kier molecular flexibility index (Phi) is 7.80. The Labute approximate surface area is 145 Å². The van der Waals surface area contributed by atoms with Crippen LogP contribution in [-0.2, 0) is 10.0 Å². The minimum Gasteiger partial charge on any atom is -0.494 e. The highest BCUT2D eigenvalue weighted by molar-refractivity contribution is 7.89. The molecule has 1 aromatic rings. The van der Waals surface area contributed by atoms with Crippen LogP contribution in [0.15, 0.2) is 29.2 Å². The molecule has 7 heteroatoms. The molecule has 1 saturated carbocycles. The summed E-state index contributed by atoms with van der Waals surface area (Å²) in [7, 11) is -3.53. The minimum absolute atomic E-state index is 0. The molecule has 1 fully saturated rings. The van der Waals surface area contributed by atoms with Gasteiger partial charge in [-0.25, -0.2) is 13.1 Å². The quantitative estimate of drug-likeness (QED) is 0.762.